The van der Waals surface area contributed by atoms with Gasteiger partial charge in [-0.05, 0) is 55.5 Å². The number of rotatable bonds is 7. The number of anilines is 2. The van der Waals surface area contributed by atoms with E-state index in [1.54, 1.807) is 18.6 Å². The molecule has 4 aromatic rings. The van der Waals surface area contributed by atoms with Crippen molar-refractivity contribution >= 4 is 44.6 Å². The summed E-state index contributed by atoms with van der Waals surface area (Å²) in [4.78, 5) is 44.6. The van der Waals surface area contributed by atoms with E-state index in [4.69, 9.17) is 0 Å². The number of nitrogens with zero attached hydrogens (tertiary/aromatic N) is 5. The van der Waals surface area contributed by atoms with Gasteiger partial charge in [-0.1, -0.05) is 31.3 Å². The number of fused-ring (bicyclic) bond motifs is 1. The number of benzene rings is 1. The number of carboxylic acid groups (broad SMARTS) is 1. The minimum Gasteiger partial charge on any atom is -0.481 e. The number of piperidine rings is 1. The fourth-order valence-electron chi connectivity index (χ4n) is 5.04. The molecule has 1 aromatic carbocycles. The van der Waals surface area contributed by atoms with Gasteiger partial charge in [-0.3, -0.25) is 15.1 Å². The van der Waals surface area contributed by atoms with Crippen LogP contribution in [-0.4, -0.2) is 56.7 Å². The fourth-order valence-corrected chi connectivity index (χ4v) is 6.01. The Morgan fingerprint density at radius 1 is 1.10 bits per heavy atom. The molecule has 1 aliphatic rings. The Morgan fingerprint density at radius 2 is 1.85 bits per heavy atom. The molecule has 1 saturated heterocycles. The van der Waals surface area contributed by atoms with Crippen LogP contribution in [0.15, 0.2) is 48.9 Å². The molecule has 11 heteroatoms. The maximum absolute atomic E-state index is 12.1. The Bertz CT molecular complexity index is 1480. The average molecular weight is 546 g/mol. The highest BCUT2D eigenvalue weighted by atomic mass is 32.1. The first kappa shape index (κ1) is 26.5. The minimum atomic E-state index is -0.723. The molecule has 0 atom stereocenters. The highest BCUT2D eigenvalue weighted by Crippen LogP contribution is 2.40. The molecule has 10 nitrogen and oxygen atoms in total. The van der Waals surface area contributed by atoms with E-state index >= 15 is 0 Å². The van der Waals surface area contributed by atoms with Gasteiger partial charge in [0.05, 0.1) is 21.3 Å². The third-order valence-electron chi connectivity index (χ3n) is 7.43. The van der Waals surface area contributed by atoms with Gasteiger partial charge in [-0.25, -0.2) is 19.7 Å². The second-order valence-corrected chi connectivity index (χ2v) is 11.0. The Hall–Kier alpha value is -4.12. The number of aromatic nitrogens is 4. The van der Waals surface area contributed by atoms with Crippen LogP contribution in [0.4, 0.5) is 15.9 Å². The molecule has 3 N–H and O–H groups in total. The summed E-state index contributed by atoms with van der Waals surface area (Å²) >= 11 is 1.40. The number of carbonyl (C=O) groups is 2. The molecule has 4 heterocycles. The lowest BCUT2D eigenvalue weighted by Crippen LogP contribution is -2.47. The summed E-state index contributed by atoms with van der Waals surface area (Å²) in [6.07, 6.45) is 6.44. The van der Waals surface area contributed by atoms with Gasteiger partial charge >= 0.3 is 12.0 Å². The van der Waals surface area contributed by atoms with E-state index in [9.17, 15) is 14.7 Å². The van der Waals surface area contributed by atoms with Gasteiger partial charge in [-0.15, -0.1) is 0 Å². The summed E-state index contributed by atoms with van der Waals surface area (Å²) in [5.74, 6) is -0.0698. The molecular formula is C28H31N7O3S. The van der Waals surface area contributed by atoms with Crippen LogP contribution in [0.1, 0.15) is 33.6 Å². The predicted octanol–water partition coefficient (Wildman–Crippen LogP) is 5.28. The van der Waals surface area contributed by atoms with Crippen molar-refractivity contribution in [3.8, 4) is 22.4 Å². The Labute approximate surface area is 230 Å². The van der Waals surface area contributed by atoms with Crippen molar-refractivity contribution in [3.05, 3.63) is 48.9 Å². The lowest BCUT2D eigenvalue weighted by atomic mass is 9.70. The second-order valence-electron chi connectivity index (χ2n) is 9.97. The largest absolute Gasteiger partial charge is 0.481 e. The number of nitrogens with one attached hydrogen (secondary N) is 2. The molecule has 39 heavy (non-hydrogen) atoms. The first-order chi connectivity index (χ1) is 18.8. The number of carboxylic acids is 1. The van der Waals surface area contributed by atoms with Crippen molar-refractivity contribution in [2.45, 2.75) is 33.6 Å². The highest BCUT2D eigenvalue weighted by Gasteiger charge is 2.44. The molecule has 202 valence electrons. The molecule has 0 saturated carbocycles. The Morgan fingerprint density at radius 3 is 2.46 bits per heavy atom. The van der Waals surface area contributed by atoms with Crippen LogP contribution in [0, 0.1) is 11.3 Å². The maximum atomic E-state index is 12.1. The number of amides is 2. The number of thiazole rings is 1. The normalized spacial score (nSPS) is 14.9. The molecule has 0 unspecified atom stereocenters. The zero-order valence-electron chi connectivity index (χ0n) is 22.1. The average Bonchev–Trinajstić information content (AvgIpc) is 3.35. The Balaban J connectivity index is 1.44. The second kappa shape index (κ2) is 10.9. The predicted molar refractivity (Wildman–Crippen MR) is 153 cm³/mol. The zero-order chi connectivity index (χ0) is 27.6. The topological polar surface area (TPSA) is 133 Å². The molecule has 1 aliphatic heterocycles. The van der Waals surface area contributed by atoms with Crippen LogP contribution in [0.2, 0.25) is 0 Å². The number of carbonyl (C=O) groups excluding carboxylic acids is 1. The van der Waals surface area contributed by atoms with E-state index in [0.29, 0.717) is 43.6 Å². The van der Waals surface area contributed by atoms with Gasteiger partial charge in [0.25, 0.3) is 0 Å². The summed E-state index contributed by atoms with van der Waals surface area (Å²) in [5, 5.41) is 15.9. The summed E-state index contributed by atoms with van der Waals surface area (Å²) in [5.41, 5.74) is 3.45. The van der Waals surface area contributed by atoms with Gasteiger partial charge in [0.2, 0.25) is 5.95 Å². The lowest BCUT2D eigenvalue weighted by molar-refractivity contribution is -0.153. The van der Waals surface area contributed by atoms with E-state index in [1.807, 2.05) is 51.1 Å². The molecular weight excluding hydrogens is 514 g/mol. The number of urea groups is 1. The van der Waals surface area contributed by atoms with Crippen LogP contribution in [0.25, 0.3) is 32.6 Å². The van der Waals surface area contributed by atoms with Crippen molar-refractivity contribution in [3.63, 3.8) is 0 Å². The van der Waals surface area contributed by atoms with Crippen molar-refractivity contribution in [2.75, 3.05) is 29.9 Å². The smallest absolute Gasteiger partial charge is 0.321 e. The number of hydrogen-bond donors (Lipinski definition) is 3. The molecule has 1 fully saturated rings. The van der Waals surface area contributed by atoms with Crippen LogP contribution in [-0.2, 0) is 4.79 Å². The third-order valence-corrected chi connectivity index (χ3v) is 8.45. The van der Waals surface area contributed by atoms with E-state index < -0.39 is 11.4 Å². The van der Waals surface area contributed by atoms with Crippen LogP contribution >= 0.6 is 11.3 Å². The first-order valence-electron chi connectivity index (χ1n) is 13.0. The molecule has 3 aromatic heterocycles. The number of aliphatic carboxylic acids is 1. The van der Waals surface area contributed by atoms with E-state index in [2.05, 4.69) is 35.5 Å². The van der Waals surface area contributed by atoms with Gasteiger partial charge in [0, 0.05) is 49.4 Å². The SMILES string of the molecule is CCNC(=O)Nc1nc2cc(-c3cnc(N4CCC(C(=O)O)(C(C)C)CC4)nc3)cc(-c3ccccn3)c2s1. The Kier molecular flexibility index (Phi) is 7.42. The molecule has 5 rings (SSSR count). The summed E-state index contributed by atoms with van der Waals surface area (Å²) in [7, 11) is 0. The molecule has 0 aliphatic carbocycles. The van der Waals surface area contributed by atoms with Crippen LogP contribution in [0.3, 0.4) is 0 Å². The third kappa shape index (κ3) is 5.26. The van der Waals surface area contributed by atoms with Crippen LogP contribution < -0.4 is 15.5 Å². The van der Waals surface area contributed by atoms with Crippen molar-refractivity contribution in [1.82, 2.24) is 25.3 Å². The fraction of sp³-hybridized carbons (Fsp3) is 0.357. The van der Waals surface area contributed by atoms with E-state index in [1.165, 1.54) is 11.3 Å². The molecule has 0 radical (unpaired) electrons. The van der Waals surface area contributed by atoms with Crippen molar-refractivity contribution in [1.29, 1.82) is 0 Å². The summed E-state index contributed by atoms with van der Waals surface area (Å²) in [6.45, 7) is 7.53. The van der Waals surface area contributed by atoms with Gasteiger partial charge in [0.15, 0.2) is 5.13 Å². The summed E-state index contributed by atoms with van der Waals surface area (Å²) < 4.78 is 0.919. The number of hydrogen-bond acceptors (Lipinski definition) is 8. The zero-order valence-corrected chi connectivity index (χ0v) is 23.0. The molecule has 2 amide bonds. The van der Waals surface area contributed by atoms with Crippen molar-refractivity contribution in [2.24, 2.45) is 11.3 Å². The monoisotopic (exact) mass is 545 g/mol. The van der Waals surface area contributed by atoms with Gasteiger partial charge in [-0.2, -0.15) is 0 Å². The molecule has 0 bridgehead atoms. The minimum absolute atomic E-state index is 0.0612. The van der Waals surface area contributed by atoms with Gasteiger partial charge < -0.3 is 15.3 Å². The number of pyridine rings is 1. The first-order valence-corrected chi connectivity index (χ1v) is 13.8. The van der Waals surface area contributed by atoms with Gasteiger partial charge in [0.1, 0.15) is 0 Å². The van der Waals surface area contributed by atoms with Crippen molar-refractivity contribution < 1.29 is 14.7 Å². The standard InChI is InChI=1S/C28H31N7O3S/c1-4-29-26(38)34-27-33-22-14-18(13-20(23(22)39-27)21-7-5-6-10-30-21)19-15-31-25(32-16-19)35-11-8-28(9-12-35,17(2)3)24(36)37/h5-7,10,13-17H,4,8-9,11-12H2,1-3H3,(H,36,37)(H2,29,33,34,38). The lowest BCUT2D eigenvalue weighted by Gasteiger charge is -2.41. The van der Waals surface area contributed by atoms with Crippen LogP contribution in [0.5, 0.6) is 0 Å². The maximum Gasteiger partial charge on any atom is 0.321 e. The van der Waals surface area contributed by atoms with E-state index in [-0.39, 0.29) is 11.9 Å². The highest BCUT2D eigenvalue weighted by molar-refractivity contribution is 7.22. The van der Waals surface area contributed by atoms with E-state index in [0.717, 1.165) is 32.6 Å². The quantitative estimate of drug-likeness (QED) is 0.286. The summed E-state index contributed by atoms with van der Waals surface area (Å²) in [6, 6.07) is 9.46. The molecule has 0 spiro atoms.